The lowest BCUT2D eigenvalue weighted by Crippen LogP contribution is -2.42. The SMILES string of the molecule is CN=C(NCCS(=O)c1ccccc1)N(C)CCOc1ccc(OC)cc1.I. The molecule has 0 fully saturated rings. The average Bonchev–Trinajstić information content (AvgIpc) is 2.72. The molecule has 154 valence electrons. The molecule has 1 atom stereocenters. The van der Waals surface area contributed by atoms with Crippen molar-refractivity contribution in [3.63, 3.8) is 0 Å². The summed E-state index contributed by atoms with van der Waals surface area (Å²) in [7, 11) is 4.30. The summed E-state index contributed by atoms with van der Waals surface area (Å²) in [5, 5.41) is 3.24. The largest absolute Gasteiger partial charge is 0.497 e. The van der Waals surface area contributed by atoms with Crippen LogP contribution < -0.4 is 14.8 Å². The zero-order valence-electron chi connectivity index (χ0n) is 16.5. The number of benzene rings is 2. The second kappa shape index (κ2) is 13.4. The monoisotopic (exact) mass is 517 g/mol. The van der Waals surface area contributed by atoms with E-state index in [0.29, 0.717) is 25.4 Å². The Morgan fingerprint density at radius 2 is 1.75 bits per heavy atom. The van der Waals surface area contributed by atoms with Crippen molar-refractivity contribution < 1.29 is 13.7 Å². The molecule has 2 aromatic rings. The quantitative estimate of drug-likeness (QED) is 0.315. The Labute approximate surface area is 186 Å². The highest BCUT2D eigenvalue weighted by molar-refractivity contribution is 14.0. The van der Waals surface area contributed by atoms with Gasteiger partial charge in [-0.2, -0.15) is 0 Å². The standard InChI is InChI=1S/C20H27N3O3S.HI/c1-21-20(22-13-16-27(24)19-7-5-4-6-8-19)23(2)14-15-26-18-11-9-17(25-3)10-12-18;/h4-12H,13-16H2,1-3H3,(H,21,22);1H. The first-order valence-electron chi connectivity index (χ1n) is 8.76. The van der Waals surface area contributed by atoms with E-state index in [1.165, 1.54) is 0 Å². The minimum Gasteiger partial charge on any atom is -0.497 e. The van der Waals surface area contributed by atoms with Crippen molar-refractivity contribution in [2.75, 3.05) is 46.7 Å². The summed E-state index contributed by atoms with van der Waals surface area (Å²) in [5.74, 6) is 2.87. The minimum absolute atomic E-state index is 0. The van der Waals surface area contributed by atoms with Gasteiger partial charge in [0.25, 0.3) is 0 Å². The van der Waals surface area contributed by atoms with Crippen molar-refractivity contribution in [3.8, 4) is 11.5 Å². The van der Waals surface area contributed by atoms with Crippen LogP contribution in [0, 0.1) is 0 Å². The van der Waals surface area contributed by atoms with E-state index >= 15 is 0 Å². The molecule has 0 aliphatic carbocycles. The zero-order valence-corrected chi connectivity index (χ0v) is 19.6. The van der Waals surface area contributed by atoms with Crippen molar-refractivity contribution >= 4 is 40.7 Å². The highest BCUT2D eigenvalue weighted by Crippen LogP contribution is 2.16. The first-order chi connectivity index (χ1) is 13.1. The predicted octanol–water partition coefficient (Wildman–Crippen LogP) is 3.01. The lowest BCUT2D eigenvalue weighted by molar-refractivity contribution is 0.281. The molecule has 0 spiro atoms. The summed E-state index contributed by atoms with van der Waals surface area (Å²) in [6, 6.07) is 17.0. The van der Waals surface area contributed by atoms with Gasteiger partial charge in [-0.1, -0.05) is 18.2 Å². The molecule has 6 nitrogen and oxygen atoms in total. The first-order valence-corrected chi connectivity index (χ1v) is 10.1. The fraction of sp³-hybridized carbons (Fsp3) is 0.350. The zero-order chi connectivity index (χ0) is 19.5. The number of rotatable bonds is 9. The van der Waals surface area contributed by atoms with Crippen LogP contribution in [-0.4, -0.2) is 61.7 Å². The van der Waals surface area contributed by atoms with E-state index in [1.807, 2.05) is 66.5 Å². The van der Waals surface area contributed by atoms with E-state index in [-0.39, 0.29) is 24.0 Å². The van der Waals surface area contributed by atoms with Crippen LogP contribution in [-0.2, 0) is 10.8 Å². The molecule has 1 N–H and O–H groups in total. The van der Waals surface area contributed by atoms with Crippen LogP contribution in [0.3, 0.4) is 0 Å². The van der Waals surface area contributed by atoms with Crippen LogP contribution >= 0.6 is 24.0 Å². The van der Waals surface area contributed by atoms with Gasteiger partial charge in [0.15, 0.2) is 5.96 Å². The van der Waals surface area contributed by atoms with Crippen LogP contribution in [0.4, 0.5) is 0 Å². The molecule has 2 rings (SSSR count). The Bertz CT molecular complexity index is 742. The minimum atomic E-state index is -1.02. The van der Waals surface area contributed by atoms with E-state index in [2.05, 4.69) is 10.3 Å². The van der Waals surface area contributed by atoms with Crippen molar-refractivity contribution in [2.24, 2.45) is 4.99 Å². The number of hydrogen-bond acceptors (Lipinski definition) is 4. The molecule has 0 saturated carbocycles. The van der Waals surface area contributed by atoms with Crippen LogP contribution in [0.5, 0.6) is 11.5 Å². The third-order valence-electron chi connectivity index (χ3n) is 3.90. The molecule has 8 heteroatoms. The lowest BCUT2D eigenvalue weighted by Gasteiger charge is -2.22. The van der Waals surface area contributed by atoms with Gasteiger partial charge in [0.2, 0.25) is 0 Å². The summed E-state index contributed by atoms with van der Waals surface area (Å²) >= 11 is 0. The molecule has 0 amide bonds. The summed E-state index contributed by atoms with van der Waals surface area (Å²) in [6.07, 6.45) is 0. The number of nitrogens with one attached hydrogen (secondary N) is 1. The Morgan fingerprint density at radius 1 is 1.11 bits per heavy atom. The second-order valence-electron chi connectivity index (χ2n) is 5.78. The molecule has 28 heavy (non-hydrogen) atoms. The van der Waals surface area contributed by atoms with Gasteiger partial charge in [-0.3, -0.25) is 9.20 Å². The van der Waals surface area contributed by atoms with Crippen LogP contribution in [0.1, 0.15) is 0 Å². The number of likely N-dealkylation sites (N-methyl/N-ethyl adjacent to an activating group) is 1. The maximum absolute atomic E-state index is 12.2. The normalized spacial score (nSPS) is 11.9. The lowest BCUT2D eigenvalue weighted by atomic mass is 10.3. The predicted molar refractivity (Wildman–Crippen MR) is 126 cm³/mol. The van der Waals surface area contributed by atoms with Gasteiger partial charge in [-0.15, -0.1) is 24.0 Å². The van der Waals surface area contributed by atoms with Crippen molar-refractivity contribution in [1.82, 2.24) is 10.2 Å². The van der Waals surface area contributed by atoms with Crippen LogP contribution in [0.25, 0.3) is 0 Å². The molecular formula is C20H28IN3O3S. The number of hydrogen-bond donors (Lipinski definition) is 1. The molecule has 0 aromatic heterocycles. The Hall–Kier alpha value is -1.81. The van der Waals surface area contributed by atoms with Gasteiger partial charge in [-0.05, 0) is 36.4 Å². The van der Waals surface area contributed by atoms with Gasteiger partial charge < -0.3 is 19.7 Å². The maximum atomic E-state index is 12.2. The number of halogens is 1. The average molecular weight is 517 g/mol. The fourth-order valence-corrected chi connectivity index (χ4v) is 3.39. The topological polar surface area (TPSA) is 63.2 Å². The summed E-state index contributed by atoms with van der Waals surface area (Å²) in [4.78, 5) is 7.09. The molecule has 0 radical (unpaired) electrons. The van der Waals surface area contributed by atoms with Gasteiger partial charge >= 0.3 is 0 Å². The van der Waals surface area contributed by atoms with Gasteiger partial charge in [-0.25, -0.2) is 0 Å². The Morgan fingerprint density at radius 3 is 2.36 bits per heavy atom. The summed E-state index contributed by atoms with van der Waals surface area (Å²) in [6.45, 7) is 1.78. The summed E-state index contributed by atoms with van der Waals surface area (Å²) < 4.78 is 23.1. The Kier molecular flexibility index (Phi) is 11.6. The van der Waals surface area contributed by atoms with E-state index in [9.17, 15) is 4.21 Å². The molecule has 0 heterocycles. The van der Waals surface area contributed by atoms with E-state index < -0.39 is 10.8 Å². The molecular weight excluding hydrogens is 489 g/mol. The molecule has 0 aliphatic rings. The number of aliphatic imine (C=N–C) groups is 1. The van der Waals surface area contributed by atoms with E-state index in [1.54, 1.807) is 14.2 Å². The molecule has 0 saturated heterocycles. The van der Waals surface area contributed by atoms with Crippen LogP contribution in [0.2, 0.25) is 0 Å². The third-order valence-corrected chi connectivity index (χ3v) is 5.28. The second-order valence-corrected chi connectivity index (χ2v) is 7.35. The number of methoxy groups -OCH3 is 1. The first kappa shape index (κ1) is 24.2. The number of nitrogens with zero attached hydrogens (tertiary/aromatic N) is 2. The molecule has 0 aliphatic heterocycles. The highest BCUT2D eigenvalue weighted by atomic mass is 127. The number of guanidine groups is 1. The van der Waals surface area contributed by atoms with Crippen molar-refractivity contribution in [1.29, 1.82) is 0 Å². The Balaban J connectivity index is 0.00000392. The van der Waals surface area contributed by atoms with Crippen molar-refractivity contribution in [2.45, 2.75) is 4.90 Å². The molecule has 0 bridgehead atoms. The maximum Gasteiger partial charge on any atom is 0.193 e. The van der Waals surface area contributed by atoms with Gasteiger partial charge in [0.1, 0.15) is 18.1 Å². The fourth-order valence-electron chi connectivity index (χ4n) is 2.41. The number of ether oxygens (including phenoxy) is 2. The van der Waals surface area contributed by atoms with Crippen LogP contribution in [0.15, 0.2) is 64.5 Å². The van der Waals surface area contributed by atoms with E-state index in [0.717, 1.165) is 22.4 Å². The van der Waals surface area contributed by atoms with E-state index in [4.69, 9.17) is 9.47 Å². The summed E-state index contributed by atoms with van der Waals surface area (Å²) in [5.41, 5.74) is 0. The van der Waals surface area contributed by atoms with Gasteiger partial charge in [0.05, 0.1) is 24.5 Å². The molecule has 2 aromatic carbocycles. The highest BCUT2D eigenvalue weighted by Gasteiger charge is 2.08. The van der Waals surface area contributed by atoms with Gasteiger partial charge in [0, 0.05) is 31.3 Å². The third kappa shape index (κ3) is 8.05. The van der Waals surface area contributed by atoms with Crippen molar-refractivity contribution in [3.05, 3.63) is 54.6 Å². The molecule has 1 unspecified atom stereocenters. The smallest absolute Gasteiger partial charge is 0.193 e.